The maximum atomic E-state index is 12.8. The van der Waals surface area contributed by atoms with E-state index in [1.807, 2.05) is 0 Å². The van der Waals surface area contributed by atoms with Gasteiger partial charge in [-0.15, -0.1) is 11.3 Å². The van der Waals surface area contributed by atoms with E-state index in [4.69, 9.17) is 0 Å². The lowest BCUT2D eigenvalue weighted by atomic mass is 10.2. The Morgan fingerprint density at radius 2 is 2.08 bits per heavy atom. The molecule has 0 radical (unpaired) electrons. The molecule has 3 heterocycles. The number of aromatic nitrogens is 2. The molecule has 2 aromatic heterocycles. The van der Waals surface area contributed by atoms with E-state index in [-0.39, 0.29) is 12.2 Å². The summed E-state index contributed by atoms with van der Waals surface area (Å²) in [5.74, 6) is 0.293. The molecular weight excluding hydrogens is 344 g/mol. The van der Waals surface area contributed by atoms with Crippen molar-refractivity contribution in [1.29, 1.82) is 0 Å². The predicted octanol–water partition coefficient (Wildman–Crippen LogP) is 1.88. The Labute approximate surface area is 148 Å². The van der Waals surface area contributed by atoms with Crippen molar-refractivity contribution in [2.24, 2.45) is 0 Å². The van der Waals surface area contributed by atoms with Crippen molar-refractivity contribution >= 4 is 33.6 Å². The van der Waals surface area contributed by atoms with Gasteiger partial charge < -0.3 is 4.74 Å². The number of amides is 2. The number of rotatable bonds is 2. The quantitative estimate of drug-likeness (QED) is 0.792. The molecular formula is C16H20N4O4S. The van der Waals surface area contributed by atoms with Crippen LogP contribution in [-0.4, -0.2) is 28.2 Å². The Bertz CT molecular complexity index is 886. The number of aryl methyl sites for hydroxylation is 2. The average Bonchev–Trinajstić information content (AvgIpc) is 2.76. The lowest BCUT2D eigenvalue weighted by Crippen LogP contribution is -2.41. The van der Waals surface area contributed by atoms with Gasteiger partial charge in [0.1, 0.15) is 10.7 Å². The maximum absolute atomic E-state index is 12.8. The zero-order chi connectivity index (χ0) is 18.0. The molecule has 3 rings (SSSR count). The highest BCUT2D eigenvalue weighted by molar-refractivity contribution is 7.20. The number of fused-ring (bicyclic) bond motifs is 2. The van der Waals surface area contributed by atoms with Gasteiger partial charge in [-0.1, -0.05) is 6.42 Å². The van der Waals surface area contributed by atoms with Crippen molar-refractivity contribution in [3.8, 4) is 0 Å². The van der Waals surface area contributed by atoms with Crippen LogP contribution in [0.15, 0.2) is 4.79 Å². The fourth-order valence-corrected chi connectivity index (χ4v) is 4.04. The lowest BCUT2D eigenvalue weighted by molar-refractivity contribution is 0.0916. The molecule has 0 saturated heterocycles. The Morgan fingerprint density at radius 1 is 1.28 bits per heavy atom. The molecule has 134 valence electrons. The summed E-state index contributed by atoms with van der Waals surface area (Å²) >= 11 is 1.16. The zero-order valence-corrected chi connectivity index (χ0v) is 15.0. The average molecular weight is 364 g/mol. The monoisotopic (exact) mass is 364 g/mol. The second-order valence-corrected chi connectivity index (χ2v) is 6.83. The molecule has 0 bridgehead atoms. The lowest BCUT2D eigenvalue weighted by Gasteiger charge is -2.08. The molecule has 0 atom stereocenters. The first-order valence-corrected chi connectivity index (χ1v) is 9.10. The molecule has 0 aromatic carbocycles. The van der Waals surface area contributed by atoms with E-state index in [9.17, 15) is 14.4 Å². The molecule has 0 aliphatic carbocycles. The summed E-state index contributed by atoms with van der Waals surface area (Å²) in [6.45, 7) is 4.26. The maximum Gasteiger partial charge on any atom is 0.426 e. The number of hydrazine groups is 1. The van der Waals surface area contributed by atoms with E-state index in [0.717, 1.165) is 42.8 Å². The number of hydrogen-bond acceptors (Lipinski definition) is 6. The minimum Gasteiger partial charge on any atom is -0.449 e. The minimum absolute atomic E-state index is 0.0898. The van der Waals surface area contributed by atoms with Crippen LogP contribution in [0.3, 0.4) is 0 Å². The summed E-state index contributed by atoms with van der Waals surface area (Å²) < 4.78 is 6.42. The molecule has 2 amide bonds. The van der Waals surface area contributed by atoms with Gasteiger partial charge >= 0.3 is 6.09 Å². The molecule has 0 spiro atoms. The zero-order valence-electron chi connectivity index (χ0n) is 14.2. The van der Waals surface area contributed by atoms with E-state index in [0.29, 0.717) is 27.2 Å². The van der Waals surface area contributed by atoms with Gasteiger partial charge in [-0.25, -0.2) is 15.2 Å². The van der Waals surface area contributed by atoms with Crippen molar-refractivity contribution in [3.63, 3.8) is 0 Å². The number of carbonyl (C=O) groups excluding carboxylic acids is 2. The molecule has 1 aliphatic heterocycles. The Balaban J connectivity index is 1.94. The number of hydrogen-bond donors (Lipinski definition) is 2. The molecule has 0 unspecified atom stereocenters. The topological polar surface area (TPSA) is 102 Å². The Hall–Kier alpha value is -2.42. The van der Waals surface area contributed by atoms with Gasteiger partial charge in [0.2, 0.25) is 0 Å². The van der Waals surface area contributed by atoms with Crippen molar-refractivity contribution < 1.29 is 14.3 Å². The highest BCUT2D eigenvalue weighted by Gasteiger charge is 2.22. The summed E-state index contributed by atoms with van der Waals surface area (Å²) in [6.07, 6.45) is 3.09. The molecule has 2 aromatic rings. The number of carbonyl (C=O) groups is 2. The van der Waals surface area contributed by atoms with Gasteiger partial charge in [0, 0.05) is 13.0 Å². The van der Waals surface area contributed by atoms with E-state index in [1.54, 1.807) is 18.4 Å². The molecule has 2 N–H and O–H groups in total. The molecule has 8 nitrogen and oxygen atoms in total. The van der Waals surface area contributed by atoms with E-state index >= 15 is 0 Å². The standard InChI is InChI=1S/C16H20N4O4S/c1-3-24-16(23)19-18-13(21)12-9(2)11-14(25-12)17-10-7-5-4-6-8-20(10)15(11)22/h3-8H2,1-2H3,(H,18,21)(H,19,23). The van der Waals surface area contributed by atoms with Crippen LogP contribution in [0.4, 0.5) is 4.79 Å². The summed E-state index contributed by atoms with van der Waals surface area (Å²) in [5, 5.41) is 0.483. The highest BCUT2D eigenvalue weighted by atomic mass is 32.1. The number of thiophene rings is 1. The molecule has 1 aliphatic rings. The van der Waals surface area contributed by atoms with Crippen molar-refractivity contribution in [1.82, 2.24) is 20.4 Å². The highest BCUT2D eigenvalue weighted by Crippen LogP contribution is 2.28. The third-order valence-electron chi connectivity index (χ3n) is 4.17. The van der Waals surface area contributed by atoms with Gasteiger partial charge in [-0.2, -0.15) is 0 Å². The number of nitrogens with zero attached hydrogens (tertiary/aromatic N) is 2. The van der Waals surface area contributed by atoms with E-state index in [1.165, 1.54) is 0 Å². The third-order valence-corrected chi connectivity index (χ3v) is 5.36. The van der Waals surface area contributed by atoms with Crippen molar-refractivity contribution in [2.45, 2.75) is 46.1 Å². The van der Waals surface area contributed by atoms with Crippen LogP contribution in [-0.2, 0) is 17.7 Å². The summed E-state index contributed by atoms with van der Waals surface area (Å²) in [6, 6.07) is 0. The summed E-state index contributed by atoms with van der Waals surface area (Å²) in [5.41, 5.74) is 4.96. The van der Waals surface area contributed by atoms with Crippen LogP contribution in [0.2, 0.25) is 0 Å². The van der Waals surface area contributed by atoms with Crippen LogP contribution in [0.5, 0.6) is 0 Å². The first kappa shape index (κ1) is 17.4. The van der Waals surface area contributed by atoms with Gasteiger partial charge in [-0.05, 0) is 32.3 Å². The second-order valence-electron chi connectivity index (χ2n) is 5.83. The van der Waals surface area contributed by atoms with Gasteiger partial charge in [0.15, 0.2) is 0 Å². The first-order valence-electron chi connectivity index (χ1n) is 8.28. The van der Waals surface area contributed by atoms with Gasteiger partial charge in [-0.3, -0.25) is 19.6 Å². The second kappa shape index (κ2) is 7.22. The molecule has 0 fully saturated rings. The summed E-state index contributed by atoms with van der Waals surface area (Å²) in [4.78, 5) is 42.0. The smallest absolute Gasteiger partial charge is 0.426 e. The first-order chi connectivity index (χ1) is 12.0. The molecule has 9 heteroatoms. The molecule has 0 saturated carbocycles. The number of nitrogens with one attached hydrogen (secondary N) is 2. The van der Waals surface area contributed by atoms with Crippen LogP contribution in [0.1, 0.15) is 47.2 Å². The predicted molar refractivity (Wildman–Crippen MR) is 93.8 cm³/mol. The van der Waals surface area contributed by atoms with E-state index in [2.05, 4.69) is 20.6 Å². The van der Waals surface area contributed by atoms with Crippen LogP contribution in [0, 0.1) is 6.92 Å². The summed E-state index contributed by atoms with van der Waals surface area (Å²) in [7, 11) is 0. The molecule has 25 heavy (non-hydrogen) atoms. The third kappa shape index (κ3) is 3.37. The number of ether oxygens (including phenoxy) is 1. The van der Waals surface area contributed by atoms with Crippen molar-refractivity contribution in [3.05, 3.63) is 26.6 Å². The Kier molecular flexibility index (Phi) is 5.03. The van der Waals surface area contributed by atoms with Crippen LogP contribution >= 0.6 is 11.3 Å². The van der Waals surface area contributed by atoms with E-state index < -0.39 is 12.0 Å². The fraction of sp³-hybridized carbons (Fsp3) is 0.500. The van der Waals surface area contributed by atoms with Gasteiger partial charge in [0.05, 0.1) is 16.9 Å². The fourth-order valence-electron chi connectivity index (χ4n) is 2.96. The van der Waals surface area contributed by atoms with Crippen molar-refractivity contribution in [2.75, 3.05) is 6.61 Å². The van der Waals surface area contributed by atoms with Gasteiger partial charge in [0.25, 0.3) is 11.5 Å². The van der Waals surface area contributed by atoms with Crippen LogP contribution < -0.4 is 16.4 Å². The minimum atomic E-state index is -0.737. The normalized spacial score (nSPS) is 13.8. The largest absolute Gasteiger partial charge is 0.449 e. The van der Waals surface area contributed by atoms with Crippen LogP contribution in [0.25, 0.3) is 10.2 Å². The Morgan fingerprint density at radius 3 is 2.84 bits per heavy atom. The SMILES string of the molecule is CCOC(=O)NNC(=O)c1sc2nc3n(c(=O)c2c1C)CCCCC3.